The molecule has 2 rings (SSSR count). The van der Waals surface area contributed by atoms with Gasteiger partial charge >= 0.3 is 0 Å². The fraction of sp³-hybridized carbons (Fsp3) is 0.533. The molecule has 0 radical (unpaired) electrons. The number of hydrogen-bond acceptors (Lipinski definition) is 3. The van der Waals surface area contributed by atoms with Crippen LogP contribution in [0.25, 0.3) is 0 Å². The number of hydrogen-bond donors (Lipinski definition) is 2. The number of para-hydroxylation sites is 1. The lowest BCUT2D eigenvalue weighted by Gasteiger charge is -2.32. The van der Waals surface area contributed by atoms with E-state index in [0.29, 0.717) is 6.42 Å². The molecule has 104 valence electrons. The summed E-state index contributed by atoms with van der Waals surface area (Å²) < 4.78 is 0. The second kappa shape index (κ2) is 5.61. The Morgan fingerprint density at radius 3 is 2.89 bits per heavy atom. The molecule has 4 N–H and O–H groups in total. The smallest absolute Gasteiger partial charge is 0.237 e. The van der Waals surface area contributed by atoms with Gasteiger partial charge in [0.15, 0.2) is 0 Å². The van der Waals surface area contributed by atoms with Crippen LogP contribution >= 0.6 is 0 Å². The lowest BCUT2D eigenvalue weighted by Crippen LogP contribution is -2.49. The quantitative estimate of drug-likeness (QED) is 0.842. The minimum atomic E-state index is -0.894. The van der Waals surface area contributed by atoms with E-state index >= 15 is 0 Å². The fourth-order valence-electron chi connectivity index (χ4n) is 2.60. The third kappa shape index (κ3) is 3.26. The Hall–Kier alpha value is -1.55. The molecular weight excluding hydrogens is 238 g/mol. The van der Waals surface area contributed by atoms with Gasteiger partial charge in [0.1, 0.15) is 0 Å². The molecule has 0 saturated carbocycles. The van der Waals surface area contributed by atoms with Gasteiger partial charge in [-0.05, 0) is 44.2 Å². The van der Waals surface area contributed by atoms with Gasteiger partial charge in [-0.25, -0.2) is 0 Å². The number of primary amides is 1. The Kier molecular flexibility index (Phi) is 4.10. The number of benzene rings is 1. The minimum Gasteiger partial charge on any atom is -0.371 e. The van der Waals surface area contributed by atoms with Crippen LogP contribution in [0.5, 0.6) is 0 Å². The topological polar surface area (TPSA) is 72.3 Å². The molecule has 0 saturated heterocycles. The van der Waals surface area contributed by atoms with Crippen LogP contribution in [0.1, 0.15) is 31.7 Å². The van der Waals surface area contributed by atoms with Crippen molar-refractivity contribution in [1.29, 1.82) is 0 Å². The standard InChI is InChI=1S/C15H23N3O/c1-15(17,14(16)19)9-5-11-18-10-4-7-12-6-2-3-8-13(12)18/h2-3,6,8H,4-5,7,9-11,17H2,1H3,(H2,16,19). The van der Waals surface area contributed by atoms with E-state index < -0.39 is 11.4 Å². The molecule has 1 aromatic carbocycles. The number of nitrogens with zero attached hydrogens (tertiary/aromatic N) is 1. The molecule has 1 amide bonds. The number of carbonyl (C=O) groups is 1. The van der Waals surface area contributed by atoms with E-state index in [9.17, 15) is 4.79 Å². The van der Waals surface area contributed by atoms with E-state index in [1.165, 1.54) is 17.7 Å². The van der Waals surface area contributed by atoms with Gasteiger partial charge in [-0.2, -0.15) is 0 Å². The van der Waals surface area contributed by atoms with Crippen molar-refractivity contribution < 1.29 is 4.79 Å². The van der Waals surface area contributed by atoms with Crippen LogP contribution in [0.4, 0.5) is 5.69 Å². The first kappa shape index (κ1) is 13.9. The lowest BCUT2D eigenvalue weighted by molar-refractivity contribution is -0.122. The summed E-state index contributed by atoms with van der Waals surface area (Å²) in [6.07, 6.45) is 3.85. The van der Waals surface area contributed by atoms with Gasteiger partial charge in [-0.3, -0.25) is 4.79 Å². The van der Waals surface area contributed by atoms with Gasteiger partial charge in [0, 0.05) is 18.8 Å². The zero-order chi connectivity index (χ0) is 13.9. The maximum atomic E-state index is 11.2. The van der Waals surface area contributed by atoms with Gasteiger partial charge in [0.2, 0.25) is 5.91 Å². The Balaban J connectivity index is 1.93. The van der Waals surface area contributed by atoms with Crippen molar-refractivity contribution in [2.24, 2.45) is 11.5 Å². The first-order valence-corrected chi connectivity index (χ1v) is 6.92. The molecule has 1 heterocycles. The number of fused-ring (bicyclic) bond motifs is 1. The van der Waals surface area contributed by atoms with Crippen LogP contribution in [-0.4, -0.2) is 24.5 Å². The summed E-state index contributed by atoms with van der Waals surface area (Å²) in [6, 6.07) is 8.53. The molecular formula is C15H23N3O. The summed E-state index contributed by atoms with van der Waals surface area (Å²) in [5.41, 5.74) is 13.0. The molecule has 1 unspecified atom stereocenters. The van der Waals surface area contributed by atoms with Crippen molar-refractivity contribution in [3.8, 4) is 0 Å². The summed E-state index contributed by atoms with van der Waals surface area (Å²) in [4.78, 5) is 13.6. The molecule has 0 bridgehead atoms. The monoisotopic (exact) mass is 261 g/mol. The van der Waals surface area contributed by atoms with Crippen molar-refractivity contribution in [2.45, 2.75) is 38.1 Å². The number of aryl methyl sites for hydroxylation is 1. The van der Waals surface area contributed by atoms with Crippen LogP contribution in [0.15, 0.2) is 24.3 Å². The third-order valence-corrected chi connectivity index (χ3v) is 3.89. The van der Waals surface area contributed by atoms with Crippen molar-refractivity contribution in [3.05, 3.63) is 29.8 Å². The molecule has 0 aromatic heterocycles. The Morgan fingerprint density at radius 2 is 2.16 bits per heavy atom. The van der Waals surface area contributed by atoms with Gasteiger partial charge in [0.05, 0.1) is 5.54 Å². The molecule has 4 nitrogen and oxygen atoms in total. The van der Waals surface area contributed by atoms with E-state index in [-0.39, 0.29) is 0 Å². The zero-order valence-corrected chi connectivity index (χ0v) is 11.6. The number of carbonyl (C=O) groups excluding carboxylic acids is 1. The first-order valence-electron chi connectivity index (χ1n) is 6.92. The third-order valence-electron chi connectivity index (χ3n) is 3.89. The van der Waals surface area contributed by atoms with E-state index in [4.69, 9.17) is 11.5 Å². The summed E-state index contributed by atoms with van der Waals surface area (Å²) in [5, 5.41) is 0. The molecule has 1 atom stereocenters. The number of rotatable bonds is 5. The number of amides is 1. The van der Waals surface area contributed by atoms with Crippen molar-refractivity contribution in [3.63, 3.8) is 0 Å². The summed E-state index contributed by atoms with van der Waals surface area (Å²) in [7, 11) is 0. The van der Waals surface area contributed by atoms with Crippen LogP contribution in [0, 0.1) is 0 Å². The van der Waals surface area contributed by atoms with Crippen LogP contribution in [-0.2, 0) is 11.2 Å². The van der Waals surface area contributed by atoms with E-state index in [1.807, 2.05) is 0 Å². The Morgan fingerprint density at radius 1 is 1.42 bits per heavy atom. The average Bonchev–Trinajstić information content (AvgIpc) is 2.38. The maximum Gasteiger partial charge on any atom is 0.237 e. The summed E-state index contributed by atoms with van der Waals surface area (Å²) in [5.74, 6) is -0.424. The molecule has 0 spiro atoms. The average molecular weight is 261 g/mol. The lowest BCUT2D eigenvalue weighted by atomic mass is 9.95. The predicted molar refractivity (Wildman–Crippen MR) is 78.0 cm³/mol. The summed E-state index contributed by atoms with van der Waals surface area (Å²) in [6.45, 7) is 3.71. The minimum absolute atomic E-state index is 0.424. The molecule has 19 heavy (non-hydrogen) atoms. The number of nitrogens with two attached hydrogens (primary N) is 2. The van der Waals surface area contributed by atoms with Crippen molar-refractivity contribution in [1.82, 2.24) is 0 Å². The summed E-state index contributed by atoms with van der Waals surface area (Å²) >= 11 is 0. The predicted octanol–water partition coefficient (Wildman–Crippen LogP) is 1.42. The highest BCUT2D eigenvalue weighted by Gasteiger charge is 2.25. The van der Waals surface area contributed by atoms with Gasteiger partial charge in [-0.1, -0.05) is 18.2 Å². The van der Waals surface area contributed by atoms with E-state index in [1.54, 1.807) is 6.92 Å². The zero-order valence-electron chi connectivity index (χ0n) is 11.6. The van der Waals surface area contributed by atoms with Gasteiger partial charge in [0.25, 0.3) is 0 Å². The van der Waals surface area contributed by atoms with E-state index in [0.717, 1.165) is 25.9 Å². The SMILES string of the molecule is CC(N)(CCCN1CCCc2ccccc21)C(N)=O. The second-order valence-electron chi connectivity index (χ2n) is 5.60. The maximum absolute atomic E-state index is 11.2. The highest BCUT2D eigenvalue weighted by atomic mass is 16.1. The molecule has 1 aromatic rings. The van der Waals surface area contributed by atoms with Crippen LogP contribution in [0.2, 0.25) is 0 Å². The molecule has 0 fully saturated rings. The molecule has 4 heteroatoms. The largest absolute Gasteiger partial charge is 0.371 e. The highest BCUT2D eigenvalue weighted by Crippen LogP contribution is 2.27. The molecule has 0 aliphatic carbocycles. The van der Waals surface area contributed by atoms with Crippen LogP contribution < -0.4 is 16.4 Å². The number of anilines is 1. The van der Waals surface area contributed by atoms with Gasteiger partial charge in [-0.15, -0.1) is 0 Å². The highest BCUT2D eigenvalue weighted by molar-refractivity contribution is 5.83. The molecule has 1 aliphatic heterocycles. The van der Waals surface area contributed by atoms with Crippen molar-refractivity contribution >= 4 is 11.6 Å². The Bertz CT molecular complexity index is 456. The van der Waals surface area contributed by atoms with Gasteiger partial charge < -0.3 is 16.4 Å². The second-order valence-corrected chi connectivity index (χ2v) is 5.60. The van der Waals surface area contributed by atoms with Crippen LogP contribution in [0.3, 0.4) is 0 Å². The van der Waals surface area contributed by atoms with Crippen molar-refractivity contribution in [2.75, 3.05) is 18.0 Å². The Labute approximate surface area is 114 Å². The fourth-order valence-corrected chi connectivity index (χ4v) is 2.60. The normalized spacial score (nSPS) is 17.7. The first-order chi connectivity index (χ1) is 9.00. The van der Waals surface area contributed by atoms with E-state index in [2.05, 4.69) is 29.2 Å². The molecule has 1 aliphatic rings.